The van der Waals surface area contributed by atoms with E-state index in [2.05, 4.69) is 4.74 Å². The summed E-state index contributed by atoms with van der Waals surface area (Å²) in [5, 5.41) is 19.4. The van der Waals surface area contributed by atoms with Crippen molar-refractivity contribution in [1.29, 1.82) is 0 Å². The van der Waals surface area contributed by atoms with Gasteiger partial charge in [-0.25, -0.2) is 4.79 Å². The van der Waals surface area contributed by atoms with Crippen LogP contribution in [0.5, 0.6) is 5.75 Å². The molecule has 1 rings (SSSR count). The van der Waals surface area contributed by atoms with Crippen molar-refractivity contribution in [3.05, 3.63) is 29.8 Å². The summed E-state index contributed by atoms with van der Waals surface area (Å²) >= 11 is 0. The average Bonchev–Trinajstić information content (AvgIpc) is 2.37. The maximum absolute atomic E-state index is 11.2. The fourth-order valence-corrected chi connectivity index (χ4v) is 1.36. The number of benzene rings is 1. The SMILES string of the molecule is CCOC(=O)C(O)C(O)c1cccc(OC)c1. The van der Waals surface area contributed by atoms with Gasteiger partial charge in [-0.15, -0.1) is 0 Å². The molecular weight excluding hydrogens is 224 g/mol. The van der Waals surface area contributed by atoms with Crippen LogP contribution in [0.2, 0.25) is 0 Å². The molecular formula is C12H16O5. The first-order valence-corrected chi connectivity index (χ1v) is 5.26. The molecule has 0 aromatic heterocycles. The van der Waals surface area contributed by atoms with Crippen molar-refractivity contribution in [3.63, 3.8) is 0 Å². The number of hydrogen-bond donors (Lipinski definition) is 2. The van der Waals surface area contributed by atoms with Crippen LogP contribution in [0, 0.1) is 0 Å². The van der Waals surface area contributed by atoms with Gasteiger partial charge in [0.2, 0.25) is 0 Å². The van der Waals surface area contributed by atoms with Crippen LogP contribution in [0.25, 0.3) is 0 Å². The van der Waals surface area contributed by atoms with E-state index in [1.807, 2.05) is 0 Å². The van der Waals surface area contributed by atoms with E-state index < -0.39 is 18.2 Å². The summed E-state index contributed by atoms with van der Waals surface area (Å²) in [6.07, 6.45) is -2.92. The van der Waals surface area contributed by atoms with Gasteiger partial charge < -0.3 is 19.7 Å². The Morgan fingerprint density at radius 1 is 1.41 bits per heavy atom. The molecule has 0 saturated heterocycles. The first kappa shape index (κ1) is 13.5. The normalized spacial score (nSPS) is 13.9. The third kappa shape index (κ3) is 3.44. The van der Waals surface area contributed by atoms with Gasteiger partial charge in [-0.1, -0.05) is 12.1 Å². The number of aliphatic hydroxyl groups excluding tert-OH is 2. The highest BCUT2D eigenvalue weighted by Crippen LogP contribution is 2.22. The van der Waals surface area contributed by atoms with Crippen molar-refractivity contribution in [1.82, 2.24) is 0 Å². The van der Waals surface area contributed by atoms with E-state index in [4.69, 9.17) is 4.74 Å². The van der Waals surface area contributed by atoms with Gasteiger partial charge in [0.1, 0.15) is 11.9 Å². The maximum Gasteiger partial charge on any atom is 0.338 e. The van der Waals surface area contributed by atoms with Crippen LogP contribution < -0.4 is 4.74 Å². The lowest BCUT2D eigenvalue weighted by Crippen LogP contribution is -2.29. The molecule has 0 fully saturated rings. The molecule has 0 bridgehead atoms. The largest absolute Gasteiger partial charge is 0.497 e. The second-order valence-electron chi connectivity index (χ2n) is 3.42. The molecule has 5 heteroatoms. The third-order valence-electron chi connectivity index (χ3n) is 2.26. The quantitative estimate of drug-likeness (QED) is 0.739. The first-order chi connectivity index (χ1) is 8.10. The standard InChI is InChI=1S/C12H16O5/c1-3-17-12(15)11(14)10(13)8-5-4-6-9(7-8)16-2/h4-7,10-11,13-14H,3H2,1-2H3. The monoisotopic (exact) mass is 240 g/mol. The molecule has 0 radical (unpaired) electrons. The number of methoxy groups -OCH3 is 1. The van der Waals surface area contributed by atoms with E-state index in [1.54, 1.807) is 31.2 Å². The van der Waals surface area contributed by atoms with Crippen molar-refractivity contribution in [3.8, 4) is 5.75 Å². The second kappa shape index (κ2) is 6.22. The minimum absolute atomic E-state index is 0.153. The van der Waals surface area contributed by atoms with Gasteiger partial charge in [0.05, 0.1) is 13.7 Å². The molecule has 1 aromatic carbocycles. The lowest BCUT2D eigenvalue weighted by atomic mass is 10.0. The van der Waals surface area contributed by atoms with Gasteiger partial charge in [0, 0.05) is 0 Å². The highest BCUT2D eigenvalue weighted by atomic mass is 16.5. The average molecular weight is 240 g/mol. The molecule has 0 aliphatic rings. The van der Waals surface area contributed by atoms with Gasteiger partial charge in [-0.2, -0.15) is 0 Å². The van der Waals surface area contributed by atoms with Crippen LogP contribution in [-0.4, -0.2) is 36.0 Å². The van der Waals surface area contributed by atoms with E-state index >= 15 is 0 Å². The highest BCUT2D eigenvalue weighted by molar-refractivity contribution is 5.75. The topological polar surface area (TPSA) is 76.0 Å². The summed E-state index contributed by atoms with van der Waals surface area (Å²) in [5.41, 5.74) is 0.393. The van der Waals surface area contributed by atoms with Gasteiger partial charge in [-0.3, -0.25) is 0 Å². The van der Waals surface area contributed by atoms with E-state index in [9.17, 15) is 15.0 Å². The van der Waals surface area contributed by atoms with Crippen molar-refractivity contribution in [2.24, 2.45) is 0 Å². The lowest BCUT2D eigenvalue weighted by molar-refractivity contribution is -0.159. The molecule has 5 nitrogen and oxygen atoms in total. The van der Waals surface area contributed by atoms with Crippen molar-refractivity contribution < 1.29 is 24.5 Å². The van der Waals surface area contributed by atoms with Crippen LogP contribution in [0.3, 0.4) is 0 Å². The third-order valence-corrected chi connectivity index (χ3v) is 2.26. The highest BCUT2D eigenvalue weighted by Gasteiger charge is 2.26. The summed E-state index contributed by atoms with van der Waals surface area (Å²) < 4.78 is 9.61. The molecule has 0 amide bonds. The van der Waals surface area contributed by atoms with Gasteiger partial charge >= 0.3 is 5.97 Å². The van der Waals surface area contributed by atoms with E-state index in [-0.39, 0.29) is 6.61 Å². The molecule has 0 spiro atoms. The molecule has 0 saturated carbocycles. The molecule has 0 heterocycles. The lowest BCUT2D eigenvalue weighted by Gasteiger charge is -2.17. The smallest absolute Gasteiger partial charge is 0.338 e. The molecule has 2 atom stereocenters. The molecule has 94 valence electrons. The van der Waals surface area contributed by atoms with Crippen LogP contribution in [0.15, 0.2) is 24.3 Å². The molecule has 2 unspecified atom stereocenters. The predicted molar refractivity (Wildman–Crippen MR) is 60.6 cm³/mol. The number of ether oxygens (including phenoxy) is 2. The van der Waals surface area contributed by atoms with E-state index in [1.165, 1.54) is 7.11 Å². The first-order valence-electron chi connectivity index (χ1n) is 5.26. The van der Waals surface area contributed by atoms with Gasteiger partial charge in [0.25, 0.3) is 0 Å². The summed E-state index contributed by atoms with van der Waals surface area (Å²) in [5.74, 6) is -0.305. The van der Waals surface area contributed by atoms with Crippen LogP contribution >= 0.6 is 0 Å². The maximum atomic E-state index is 11.2. The molecule has 17 heavy (non-hydrogen) atoms. The Balaban J connectivity index is 2.80. The minimum Gasteiger partial charge on any atom is -0.497 e. The van der Waals surface area contributed by atoms with Crippen LogP contribution in [0.4, 0.5) is 0 Å². The minimum atomic E-state index is -1.60. The Hall–Kier alpha value is -1.59. The predicted octanol–water partition coefficient (Wildman–Crippen LogP) is 0.653. The zero-order chi connectivity index (χ0) is 12.8. The Kier molecular flexibility index (Phi) is 4.93. The van der Waals surface area contributed by atoms with Crippen LogP contribution in [0.1, 0.15) is 18.6 Å². The zero-order valence-corrected chi connectivity index (χ0v) is 9.79. The summed E-state index contributed by atoms with van der Waals surface area (Å²) in [7, 11) is 1.49. The molecule has 1 aromatic rings. The van der Waals surface area contributed by atoms with Crippen molar-refractivity contribution in [2.45, 2.75) is 19.1 Å². The molecule has 0 aliphatic carbocycles. The fraction of sp³-hybridized carbons (Fsp3) is 0.417. The van der Waals surface area contributed by atoms with Gasteiger partial charge in [-0.05, 0) is 24.6 Å². The fourth-order valence-electron chi connectivity index (χ4n) is 1.36. The summed E-state index contributed by atoms with van der Waals surface area (Å²) in [6, 6.07) is 6.50. The van der Waals surface area contributed by atoms with E-state index in [0.29, 0.717) is 11.3 Å². The van der Waals surface area contributed by atoms with Gasteiger partial charge in [0.15, 0.2) is 6.10 Å². The number of esters is 1. The van der Waals surface area contributed by atoms with Crippen molar-refractivity contribution >= 4 is 5.97 Å². The zero-order valence-electron chi connectivity index (χ0n) is 9.79. The molecule has 2 N–H and O–H groups in total. The van der Waals surface area contributed by atoms with E-state index in [0.717, 1.165) is 0 Å². The Morgan fingerprint density at radius 2 is 2.12 bits per heavy atom. The summed E-state index contributed by atoms with van der Waals surface area (Å²) in [6.45, 7) is 1.78. The Bertz CT molecular complexity index is 377. The van der Waals surface area contributed by atoms with Crippen LogP contribution in [-0.2, 0) is 9.53 Å². The Morgan fingerprint density at radius 3 is 2.71 bits per heavy atom. The Labute approximate surface area is 99.6 Å². The number of rotatable bonds is 5. The summed E-state index contributed by atoms with van der Waals surface area (Å²) in [4.78, 5) is 11.2. The number of hydrogen-bond acceptors (Lipinski definition) is 5. The van der Waals surface area contributed by atoms with Crippen molar-refractivity contribution in [2.75, 3.05) is 13.7 Å². The number of carbonyl (C=O) groups is 1. The molecule has 0 aliphatic heterocycles. The number of carbonyl (C=O) groups excluding carboxylic acids is 1. The number of aliphatic hydroxyl groups is 2. The second-order valence-corrected chi connectivity index (χ2v) is 3.42.